The normalized spacial score (nSPS) is 19.1. The molecule has 1 fully saturated rings. The maximum atomic E-state index is 14.1. The molecule has 2 heterocycles. The summed E-state index contributed by atoms with van der Waals surface area (Å²) in [5, 5.41) is 0. The summed E-state index contributed by atoms with van der Waals surface area (Å²) in [5.74, 6) is 0.450. The molecule has 1 aliphatic heterocycles. The minimum atomic E-state index is -2.45. The first-order valence-electron chi connectivity index (χ1n) is 8.79. The van der Waals surface area contributed by atoms with Crippen molar-refractivity contribution in [1.29, 1.82) is 0 Å². The second kappa shape index (κ2) is 7.29. The molecule has 1 aromatic heterocycles. The number of piperazine rings is 1. The number of anilines is 1. The molecule has 140 valence electrons. The average molecular weight is 458 g/mol. The van der Waals surface area contributed by atoms with Crippen LogP contribution < -0.4 is 8.61 Å². The molecule has 5 nitrogen and oxygen atoms in total. The summed E-state index contributed by atoms with van der Waals surface area (Å²) in [6, 6.07) is 3.06. The molecule has 0 saturated carbocycles. The van der Waals surface area contributed by atoms with E-state index >= 15 is 0 Å². The quantitative estimate of drug-likeness (QED) is 0.639. The summed E-state index contributed by atoms with van der Waals surface area (Å²) in [5.41, 5.74) is -0.507. The Hall–Kier alpha value is -1.05. The van der Waals surface area contributed by atoms with Crippen LogP contribution in [0, 0.1) is 5.82 Å². The molecule has 7 heteroatoms. The van der Waals surface area contributed by atoms with Gasteiger partial charge in [-0.3, -0.25) is 0 Å². The molecular weight excluding hydrogens is 428 g/mol. The SMILES string of the molecule is C[C@H]1CN(c2cc(F)c[c]([Sn]([CH3])([CH3])[CH3])n2)CCN1C(=O)OC(C)(C)C. The number of hydrogen-bond acceptors (Lipinski definition) is 4. The van der Waals surface area contributed by atoms with Gasteiger partial charge in [-0.05, 0) is 0 Å². The molecule has 0 aliphatic carbocycles. The fraction of sp³-hybridized carbons (Fsp3) is 0.667. The van der Waals surface area contributed by atoms with Gasteiger partial charge in [0.05, 0.1) is 0 Å². The molecule has 0 N–H and O–H groups in total. The van der Waals surface area contributed by atoms with Crippen molar-refractivity contribution < 1.29 is 13.9 Å². The summed E-state index contributed by atoms with van der Waals surface area (Å²) in [6.07, 6.45) is -0.293. The third-order valence-corrected chi connectivity index (χ3v) is 9.24. The van der Waals surface area contributed by atoms with Crippen molar-refractivity contribution in [2.75, 3.05) is 24.5 Å². The fourth-order valence-corrected chi connectivity index (χ4v) is 5.70. The number of pyridine rings is 1. The third kappa shape index (κ3) is 5.46. The molecule has 1 saturated heterocycles. The van der Waals surface area contributed by atoms with E-state index in [1.807, 2.05) is 27.7 Å². The standard InChI is InChI=1S/C15H21FN3O2.3CH3.Sn/c1-11-10-18(13-9-12(16)5-6-17-13)7-8-19(11)14(20)21-15(2,3)4;;;;/h5,9,11H,7-8,10H2,1-4H3;3*1H3;/t11-;;;;/m0..../s1. The Morgan fingerprint density at radius 2 is 1.92 bits per heavy atom. The Labute approximate surface area is 154 Å². The van der Waals surface area contributed by atoms with Gasteiger partial charge < -0.3 is 0 Å². The van der Waals surface area contributed by atoms with Gasteiger partial charge >= 0.3 is 154 Å². The van der Waals surface area contributed by atoms with E-state index in [0.717, 1.165) is 3.71 Å². The number of halogens is 1. The molecular formula is C18H30FN3O2Sn. The number of aromatic nitrogens is 1. The van der Waals surface area contributed by atoms with Crippen molar-refractivity contribution >= 4 is 34.0 Å². The van der Waals surface area contributed by atoms with E-state index in [0.29, 0.717) is 25.5 Å². The Morgan fingerprint density at radius 1 is 1.28 bits per heavy atom. The summed E-state index contributed by atoms with van der Waals surface area (Å²) < 4.78 is 20.5. The molecule has 0 bridgehead atoms. The summed E-state index contributed by atoms with van der Waals surface area (Å²) in [6.45, 7) is 9.36. The Balaban J connectivity index is 2.13. The number of rotatable bonds is 2. The van der Waals surface area contributed by atoms with E-state index in [-0.39, 0.29) is 18.0 Å². The molecule has 1 amide bonds. The molecule has 0 aromatic carbocycles. The van der Waals surface area contributed by atoms with E-state index in [1.54, 1.807) is 11.0 Å². The molecule has 0 unspecified atom stereocenters. The first kappa shape index (κ1) is 20.3. The van der Waals surface area contributed by atoms with Gasteiger partial charge in [-0.2, -0.15) is 0 Å². The molecule has 25 heavy (non-hydrogen) atoms. The second-order valence-electron chi connectivity index (χ2n) is 8.75. The first-order valence-corrected chi connectivity index (χ1v) is 18.8. The Kier molecular flexibility index (Phi) is 5.91. The van der Waals surface area contributed by atoms with Gasteiger partial charge in [0.1, 0.15) is 0 Å². The van der Waals surface area contributed by atoms with Crippen LogP contribution in [0.15, 0.2) is 12.1 Å². The number of nitrogens with zero attached hydrogens (tertiary/aromatic N) is 3. The van der Waals surface area contributed by atoms with Crippen LogP contribution >= 0.6 is 0 Å². The zero-order valence-corrected chi connectivity index (χ0v) is 19.2. The van der Waals surface area contributed by atoms with Crippen LogP contribution in [0.2, 0.25) is 14.8 Å². The van der Waals surface area contributed by atoms with E-state index < -0.39 is 24.0 Å². The van der Waals surface area contributed by atoms with Crippen LogP contribution in [0.1, 0.15) is 27.7 Å². The topological polar surface area (TPSA) is 45.7 Å². The molecule has 1 aliphatic rings. The number of hydrogen-bond donors (Lipinski definition) is 0. The van der Waals surface area contributed by atoms with E-state index in [4.69, 9.17) is 9.72 Å². The maximum absolute atomic E-state index is 14.1. The van der Waals surface area contributed by atoms with Gasteiger partial charge in [0.25, 0.3) is 0 Å². The van der Waals surface area contributed by atoms with E-state index in [9.17, 15) is 9.18 Å². The zero-order valence-electron chi connectivity index (χ0n) is 16.4. The minimum absolute atomic E-state index is 0.0183. The molecule has 0 spiro atoms. The number of carbonyl (C=O) groups is 1. The second-order valence-corrected chi connectivity index (χ2v) is 23.1. The van der Waals surface area contributed by atoms with Crippen molar-refractivity contribution in [2.24, 2.45) is 0 Å². The predicted molar refractivity (Wildman–Crippen MR) is 102 cm³/mol. The van der Waals surface area contributed by atoms with Crippen LogP contribution in [0.4, 0.5) is 15.0 Å². The van der Waals surface area contributed by atoms with Gasteiger partial charge in [-0.15, -0.1) is 0 Å². The fourth-order valence-electron chi connectivity index (χ4n) is 2.79. The van der Waals surface area contributed by atoms with Gasteiger partial charge in [0.15, 0.2) is 0 Å². The molecule has 1 aromatic rings. The van der Waals surface area contributed by atoms with Crippen molar-refractivity contribution in [3.05, 3.63) is 17.9 Å². The molecule has 1 atom stereocenters. The van der Waals surface area contributed by atoms with Crippen molar-refractivity contribution in [1.82, 2.24) is 9.88 Å². The monoisotopic (exact) mass is 459 g/mol. The zero-order chi connectivity index (χ0) is 19.0. The predicted octanol–water partition coefficient (Wildman–Crippen LogP) is 3.21. The van der Waals surface area contributed by atoms with Crippen LogP contribution in [-0.4, -0.2) is 65.6 Å². The van der Waals surface area contributed by atoms with Crippen molar-refractivity contribution in [3.63, 3.8) is 0 Å². The molecule has 2 rings (SSSR count). The first-order chi connectivity index (χ1) is 11.4. The van der Waals surface area contributed by atoms with Gasteiger partial charge in [0, 0.05) is 0 Å². The number of ether oxygens (including phenoxy) is 1. The number of amides is 1. The van der Waals surface area contributed by atoms with Crippen molar-refractivity contribution in [2.45, 2.75) is 54.2 Å². The van der Waals surface area contributed by atoms with Crippen LogP contribution in [0.5, 0.6) is 0 Å². The summed E-state index contributed by atoms with van der Waals surface area (Å²) in [7, 11) is 0. The summed E-state index contributed by atoms with van der Waals surface area (Å²) in [4.78, 5) is 27.5. The van der Waals surface area contributed by atoms with Gasteiger partial charge in [-0.1, -0.05) is 0 Å². The van der Waals surface area contributed by atoms with Gasteiger partial charge in [0.2, 0.25) is 0 Å². The van der Waals surface area contributed by atoms with Crippen LogP contribution in [-0.2, 0) is 4.74 Å². The summed E-state index contributed by atoms with van der Waals surface area (Å²) >= 11 is -2.45. The van der Waals surface area contributed by atoms with Crippen LogP contribution in [0.3, 0.4) is 0 Å². The molecule has 0 radical (unpaired) electrons. The van der Waals surface area contributed by atoms with Crippen molar-refractivity contribution in [3.8, 4) is 0 Å². The van der Waals surface area contributed by atoms with Gasteiger partial charge in [-0.25, -0.2) is 0 Å². The van der Waals surface area contributed by atoms with Crippen LogP contribution in [0.25, 0.3) is 0 Å². The third-order valence-electron chi connectivity index (χ3n) is 4.12. The Bertz CT molecular complexity index is 640. The average Bonchev–Trinajstić information content (AvgIpc) is 2.43. The Morgan fingerprint density at radius 3 is 2.44 bits per heavy atom. The van der Waals surface area contributed by atoms with E-state index in [1.165, 1.54) is 6.07 Å². The van der Waals surface area contributed by atoms with E-state index in [2.05, 4.69) is 19.7 Å². The number of carbonyl (C=O) groups excluding carboxylic acids is 1.